The molecule has 0 spiro atoms. The number of hydrogen-bond acceptors (Lipinski definition) is 4. The molecule has 1 rings (SSSR count). The van der Waals surface area contributed by atoms with Gasteiger partial charge in [0.25, 0.3) is 0 Å². The maximum atomic E-state index is 11.3. The first-order valence-corrected chi connectivity index (χ1v) is 4.97. The fraction of sp³-hybridized carbons (Fsp3) is 0.636. The number of carbonyl (C=O) groups excluding carboxylic acids is 2. The summed E-state index contributed by atoms with van der Waals surface area (Å²) in [6.07, 6.45) is 0.915. The van der Waals surface area contributed by atoms with Gasteiger partial charge in [-0.15, -0.1) is 0 Å². The van der Waals surface area contributed by atoms with E-state index in [2.05, 4.69) is 4.74 Å². The van der Waals surface area contributed by atoms with Gasteiger partial charge in [-0.1, -0.05) is 0 Å². The van der Waals surface area contributed by atoms with Crippen LogP contribution in [0.15, 0.2) is 11.1 Å². The summed E-state index contributed by atoms with van der Waals surface area (Å²) in [5.41, 5.74) is 1.68. The van der Waals surface area contributed by atoms with Crippen molar-refractivity contribution in [1.29, 1.82) is 0 Å². The van der Waals surface area contributed by atoms with Crippen LogP contribution < -0.4 is 0 Å². The molecule has 0 aliphatic heterocycles. The highest BCUT2D eigenvalue weighted by Gasteiger charge is 2.25. The Labute approximate surface area is 89.2 Å². The van der Waals surface area contributed by atoms with Gasteiger partial charge in [0, 0.05) is 13.5 Å². The van der Waals surface area contributed by atoms with Crippen LogP contribution in [-0.2, 0) is 19.1 Å². The molecular formula is C11H16O4. The summed E-state index contributed by atoms with van der Waals surface area (Å²) in [7, 11) is 1.44. The summed E-state index contributed by atoms with van der Waals surface area (Å²) in [5, 5.41) is 0. The number of ketones is 1. The number of Topliss-reactive ketones (excluding diaryl/α,β-unsaturated/α-hetero) is 1. The summed E-state index contributed by atoms with van der Waals surface area (Å²) in [6, 6.07) is 0. The SMILES string of the molecule is COCC(=O)OC(C)C1=C(C)C(=O)CC1. The third-order valence-electron chi connectivity index (χ3n) is 2.58. The molecule has 1 aliphatic rings. The van der Waals surface area contributed by atoms with Crippen molar-refractivity contribution in [3.63, 3.8) is 0 Å². The van der Waals surface area contributed by atoms with Gasteiger partial charge in [0.15, 0.2) is 5.78 Å². The molecule has 0 aromatic rings. The van der Waals surface area contributed by atoms with Crippen molar-refractivity contribution in [2.24, 2.45) is 0 Å². The number of hydrogen-bond donors (Lipinski definition) is 0. The van der Waals surface area contributed by atoms with E-state index >= 15 is 0 Å². The van der Waals surface area contributed by atoms with Crippen LogP contribution in [0.25, 0.3) is 0 Å². The molecule has 0 fully saturated rings. The van der Waals surface area contributed by atoms with Crippen LogP contribution >= 0.6 is 0 Å². The van der Waals surface area contributed by atoms with E-state index in [0.717, 1.165) is 11.1 Å². The molecule has 15 heavy (non-hydrogen) atoms. The van der Waals surface area contributed by atoms with Gasteiger partial charge in [-0.05, 0) is 31.4 Å². The number of ether oxygens (including phenoxy) is 2. The van der Waals surface area contributed by atoms with Crippen LogP contribution in [0.4, 0.5) is 0 Å². The first-order valence-electron chi connectivity index (χ1n) is 4.97. The lowest BCUT2D eigenvalue weighted by atomic mass is 10.1. The predicted octanol–water partition coefficient (Wildman–Crippen LogP) is 1.24. The lowest BCUT2D eigenvalue weighted by molar-refractivity contribution is -0.151. The largest absolute Gasteiger partial charge is 0.456 e. The molecule has 0 amide bonds. The van der Waals surface area contributed by atoms with Crippen LogP contribution in [0.2, 0.25) is 0 Å². The van der Waals surface area contributed by atoms with E-state index in [0.29, 0.717) is 12.8 Å². The van der Waals surface area contributed by atoms with E-state index < -0.39 is 5.97 Å². The average Bonchev–Trinajstić information content (AvgIpc) is 2.48. The van der Waals surface area contributed by atoms with Crippen LogP contribution in [0.1, 0.15) is 26.7 Å². The molecule has 1 aliphatic carbocycles. The summed E-state index contributed by atoms with van der Waals surface area (Å²) < 4.78 is 9.78. The van der Waals surface area contributed by atoms with Gasteiger partial charge in [-0.3, -0.25) is 4.79 Å². The Balaban J connectivity index is 2.58. The Bertz CT molecular complexity index is 304. The minimum atomic E-state index is -0.398. The number of allylic oxidation sites excluding steroid dienone is 1. The normalized spacial score (nSPS) is 18.2. The van der Waals surface area contributed by atoms with E-state index in [1.54, 1.807) is 13.8 Å². The van der Waals surface area contributed by atoms with Gasteiger partial charge in [-0.25, -0.2) is 4.79 Å². The van der Waals surface area contributed by atoms with E-state index in [1.165, 1.54) is 7.11 Å². The van der Waals surface area contributed by atoms with Gasteiger partial charge < -0.3 is 9.47 Å². The van der Waals surface area contributed by atoms with E-state index in [4.69, 9.17) is 4.74 Å². The van der Waals surface area contributed by atoms with Crippen LogP contribution in [0, 0.1) is 0 Å². The fourth-order valence-corrected chi connectivity index (χ4v) is 1.73. The van der Waals surface area contributed by atoms with Crippen LogP contribution in [0.5, 0.6) is 0 Å². The van der Waals surface area contributed by atoms with Crippen LogP contribution in [-0.4, -0.2) is 31.6 Å². The Kier molecular flexibility index (Phi) is 4.03. The topological polar surface area (TPSA) is 52.6 Å². The Morgan fingerprint density at radius 1 is 1.47 bits per heavy atom. The van der Waals surface area contributed by atoms with E-state index in [9.17, 15) is 9.59 Å². The van der Waals surface area contributed by atoms with Crippen molar-refractivity contribution in [2.75, 3.05) is 13.7 Å². The molecular weight excluding hydrogens is 196 g/mol. The smallest absolute Gasteiger partial charge is 0.332 e. The number of esters is 1. The van der Waals surface area contributed by atoms with Gasteiger partial charge in [-0.2, -0.15) is 0 Å². The minimum absolute atomic E-state index is 0.0510. The van der Waals surface area contributed by atoms with Crippen LogP contribution in [0.3, 0.4) is 0 Å². The van der Waals surface area contributed by atoms with E-state index in [1.807, 2.05) is 0 Å². The van der Waals surface area contributed by atoms with Gasteiger partial charge in [0.2, 0.25) is 0 Å². The third kappa shape index (κ3) is 2.89. The second-order valence-corrected chi connectivity index (χ2v) is 3.64. The highest BCUT2D eigenvalue weighted by atomic mass is 16.6. The third-order valence-corrected chi connectivity index (χ3v) is 2.58. The summed E-state index contributed by atoms with van der Waals surface area (Å²) in [4.78, 5) is 22.4. The molecule has 4 heteroatoms. The fourth-order valence-electron chi connectivity index (χ4n) is 1.73. The van der Waals surface area contributed by atoms with Crippen molar-refractivity contribution >= 4 is 11.8 Å². The average molecular weight is 212 g/mol. The second kappa shape index (κ2) is 5.07. The first-order chi connectivity index (χ1) is 7.06. The zero-order valence-corrected chi connectivity index (χ0v) is 9.33. The Hall–Kier alpha value is -1.16. The zero-order valence-electron chi connectivity index (χ0n) is 9.33. The lowest BCUT2D eigenvalue weighted by Gasteiger charge is -2.14. The number of methoxy groups -OCH3 is 1. The Morgan fingerprint density at radius 2 is 2.13 bits per heavy atom. The highest BCUT2D eigenvalue weighted by molar-refractivity contribution is 5.98. The molecule has 0 saturated carbocycles. The molecule has 1 atom stereocenters. The van der Waals surface area contributed by atoms with Gasteiger partial charge in [0.1, 0.15) is 12.7 Å². The molecule has 0 N–H and O–H groups in total. The second-order valence-electron chi connectivity index (χ2n) is 3.64. The van der Waals surface area contributed by atoms with Crippen molar-refractivity contribution in [3.05, 3.63) is 11.1 Å². The predicted molar refractivity (Wildman–Crippen MR) is 54.4 cm³/mol. The first kappa shape index (κ1) is 11.9. The van der Waals surface area contributed by atoms with Crippen molar-refractivity contribution in [1.82, 2.24) is 0 Å². The molecule has 0 radical (unpaired) electrons. The number of rotatable bonds is 4. The van der Waals surface area contributed by atoms with Gasteiger partial charge in [0.05, 0.1) is 0 Å². The molecule has 1 unspecified atom stereocenters. The maximum Gasteiger partial charge on any atom is 0.332 e. The highest BCUT2D eigenvalue weighted by Crippen LogP contribution is 2.26. The number of carbonyl (C=O) groups is 2. The standard InChI is InChI=1S/C11H16O4/c1-7-9(4-5-10(7)12)8(2)15-11(13)6-14-3/h8H,4-6H2,1-3H3. The minimum Gasteiger partial charge on any atom is -0.456 e. The molecule has 0 aromatic heterocycles. The molecule has 0 aromatic carbocycles. The summed E-state index contributed by atoms with van der Waals surface area (Å²) in [6.45, 7) is 3.51. The summed E-state index contributed by atoms with van der Waals surface area (Å²) >= 11 is 0. The zero-order chi connectivity index (χ0) is 11.4. The van der Waals surface area contributed by atoms with Crippen molar-refractivity contribution in [3.8, 4) is 0 Å². The lowest BCUT2D eigenvalue weighted by Crippen LogP contribution is -2.20. The van der Waals surface area contributed by atoms with Crippen molar-refractivity contribution in [2.45, 2.75) is 32.8 Å². The Morgan fingerprint density at radius 3 is 2.60 bits per heavy atom. The molecule has 0 heterocycles. The summed E-state index contributed by atoms with van der Waals surface area (Å²) in [5.74, 6) is -0.246. The van der Waals surface area contributed by atoms with Crippen molar-refractivity contribution < 1.29 is 19.1 Å². The molecule has 0 saturated heterocycles. The molecule has 0 bridgehead atoms. The monoisotopic (exact) mass is 212 g/mol. The maximum absolute atomic E-state index is 11.3. The molecule has 84 valence electrons. The van der Waals surface area contributed by atoms with E-state index in [-0.39, 0.29) is 18.5 Å². The molecule has 4 nitrogen and oxygen atoms in total. The quantitative estimate of drug-likeness (QED) is 0.658. The van der Waals surface area contributed by atoms with Gasteiger partial charge >= 0.3 is 5.97 Å².